The van der Waals surface area contributed by atoms with Crippen LogP contribution in [0.25, 0.3) is 10.9 Å². The summed E-state index contributed by atoms with van der Waals surface area (Å²) in [6.07, 6.45) is 3.48. The molecule has 0 aliphatic carbocycles. The quantitative estimate of drug-likeness (QED) is 0.162. The fourth-order valence-electron chi connectivity index (χ4n) is 4.71. The number of carboxylic acid groups (broad SMARTS) is 3. The van der Waals surface area contributed by atoms with Crippen LogP contribution in [0.5, 0.6) is 0 Å². The first-order valence-electron chi connectivity index (χ1n) is 13.8. The summed E-state index contributed by atoms with van der Waals surface area (Å²) in [7, 11) is 0. The minimum Gasteiger partial charge on any atom is -0.481 e. The fourth-order valence-corrected chi connectivity index (χ4v) is 4.71. The van der Waals surface area contributed by atoms with Crippen LogP contribution in [0.4, 0.5) is 5.69 Å². The number of aryl methyl sites for hydroxylation is 2. The molecular weight excluding hydrogens is 586 g/mol. The first-order chi connectivity index (χ1) is 21.2. The number of carboxylic acids is 3. The number of benzene rings is 2. The molecule has 2 atom stereocenters. The van der Waals surface area contributed by atoms with Crippen molar-refractivity contribution < 1.29 is 39.3 Å². The molecule has 6 N–H and O–H groups in total. The highest BCUT2D eigenvalue weighted by molar-refractivity contribution is 6.07. The Morgan fingerprint density at radius 1 is 1.00 bits per heavy atom. The number of rotatable bonds is 14. The zero-order valence-corrected chi connectivity index (χ0v) is 24.6. The van der Waals surface area contributed by atoms with E-state index in [0.717, 1.165) is 11.1 Å². The fraction of sp³-hybridized carbons (Fsp3) is 0.323. The van der Waals surface area contributed by atoms with Gasteiger partial charge in [-0.1, -0.05) is 5.92 Å². The first kappa shape index (κ1) is 33.9. The number of amides is 2. The van der Waals surface area contributed by atoms with Gasteiger partial charge in [0.1, 0.15) is 17.9 Å². The summed E-state index contributed by atoms with van der Waals surface area (Å²) in [5.41, 5.74) is 7.91. The standard InChI is InChI=1S/C31H33N5O9/c1-4-13-35(16-20-15-22-24(14-17(20)2)33-18(3)34-28(22)40)21-7-5-19(6-8-21)29(41)36(25(31(44)45)10-12-27(38)39)26(37)11-9-23(32)30(42)43/h1,5-8,14-15,23,25H,9-13,16,32H2,2-3H3,(H,38,39)(H,42,43)(H,44,45)(H,33,34,40)/t23-,25+/m0/s1. The summed E-state index contributed by atoms with van der Waals surface area (Å²) in [5.74, 6) is -3.28. The van der Waals surface area contributed by atoms with Gasteiger partial charge in [0.25, 0.3) is 11.5 Å². The largest absolute Gasteiger partial charge is 0.481 e. The van der Waals surface area contributed by atoms with Crippen LogP contribution in [0.1, 0.15) is 53.0 Å². The molecule has 1 heterocycles. The van der Waals surface area contributed by atoms with Gasteiger partial charge in [-0.05, 0) is 74.2 Å². The minimum absolute atomic E-state index is 0.0771. The number of hydrogen-bond donors (Lipinski definition) is 5. The van der Waals surface area contributed by atoms with E-state index in [1.807, 2.05) is 6.92 Å². The first-order valence-corrected chi connectivity index (χ1v) is 13.8. The number of aromatic nitrogens is 2. The van der Waals surface area contributed by atoms with Crippen molar-refractivity contribution in [1.29, 1.82) is 0 Å². The zero-order valence-electron chi connectivity index (χ0n) is 24.6. The number of carbonyl (C=O) groups is 5. The van der Waals surface area contributed by atoms with Crippen LogP contribution in [0.2, 0.25) is 0 Å². The van der Waals surface area contributed by atoms with Crippen molar-refractivity contribution in [2.75, 3.05) is 11.4 Å². The van der Waals surface area contributed by atoms with E-state index in [9.17, 15) is 33.9 Å². The predicted molar refractivity (Wildman–Crippen MR) is 162 cm³/mol. The van der Waals surface area contributed by atoms with Crippen LogP contribution < -0.4 is 16.2 Å². The summed E-state index contributed by atoms with van der Waals surface area (Å²) >= 11 is 0. The van der Waals surface area contributed by atoms with E-state index in [1.54, 1.807) is 36.1 Å². The summed E-state index contributed by atoms with van der Waals surface area (Å²) in [4.78, 5) is 82.8. The van der Waals surface area contributed by atoms with Gasteiger partial charge in [-0.15, -0.1) is 6.42 Å². The number of aliphatic carboxylic acids is 3. The molecule has 0 radical (unpaired) electrons. The Bertz CT molecular complexity index is 1730. The lowest BCUT2D eigenvalue weighted by Crippen LogP contribution is -2.49. The van der Waals surface area contributed by atoms with E-state index in [1.165, 1.54) is 12.1 Å². The van der Waals surface area contributed by atoms with Crippen molar-refractivity contribution in [2.45, 2.75) is 58.2 Å². The van der Waals surface area contributed by atoms with Gasteiger partial charge in [-0.3, -0.25) is 28.9 Å². The average molecular weight is 620 g/mol. The van der Waals surface area contributed by atoms with Gasteiger partial charge in [-0.25, -0.2) is 9.78 Å². The molecule has 0 aliphatic heterocycles. The molecule has 14 heteroatoms. The SMILES string of the molecule is C#CCN(Cc1cc2c(=O)[nH]c(C)nc2cc1C)c1ccc(C(=O)N(C(=O)CC[C@H](N)C(=O)O)[C@H](CCC(=O)O)C(=O)O)cc1. The van der Waals surface area contributed by atoms with Crippen LogP contribution in [0, 0.1) is 26.2 Å². The number of nitrogens with two attached hydrogens (primary N) is 1. The van der Waals surface area contributed by atoms with E-state index < -0.39 is 61.1 Å². The minimum atomic E-state index is -1.82. The molecule has 0 saturated heterocycles. The molecule has 1 aromatic heterocycles. The molecule has 14 nitrogen and oxygen atoms in total. The van der Waals surface area contributed by atoms with E-state index in [-0.39, 0.29) is 30.6 Å². The molecule has 0 bridgehead atoms. The van der Waals surface area contributed by atoms with Crippen molar-refractivity contribution in [3.63, 3.8) is 0 Å². The normalized spacial score (nSPS) is 12.1. The zero-order chi connectivity index (χ0) is 33.4. The molecule has 45 heavy (non-hydrogen) atoms. The third kappa shape index (κ3) is 8.52. The number of hydrogen-bond acceptors (Lipinski definition) is 9. The second-order valence-corrected chi connectivity index (χ2v) is 10.4. The van der Waals surface area contributed by atoms with Gasteiger partial charge in [0.15, 0.2) is 0 Å². The maximum atomic E-state index is 13.5. The Morgan fingerprint density at radius 3 is 2.24 bits per heavy atom. The van der Waals surface area contributed by atoms with Gasteiger partial charge >= 0.3 is 17.9 Å². The molecule has 2 aromatic carbocycles. The highest BCUT2D eigenvalue weighted by atomic mass is 16.4. The average Bonchev–Trinajstić information content (AvgIpc) is 2.97. The molecule has 0 spiro atoms. The molecular formula is C31H33N5O9. The van der Waals surface area contributed by atoms with E-state index in [0.29, 0.717) is 27.3 Å². The summed E-state index contributed by atoms with van der Waals surface area (Å²) in [6, 6.07) is 6.12. The van der Waals surface area contributed by atoms with Crippen molar-refractivity contribution in [3.05, 3.63) is 69.3 Å². The molecule has 236 valence electrons. The molecule has 0 saturated carbocycles. The lowest BCUT2D eigenvalue weighted by Gasteiger charge is -2.28. The van der Waals surface area contributed by atoms with Gasteiger partial charge in [0.2, 0.25) is 5.91 Å². The van der Waals surface area contributed by atoms with Gasteiger partial charge < -0.3 is 30.9 Å². The second kappa shape index (κ2) is 14.8. The van der Waals surface area contributed by atoms with Crippen molar-refractivity contribution >= 4 is 46.3 Å². The molecule has 2 amide bonds. The Kier molecular flexibility index (Phi) is 11.1. The highest BCUT2D eigenvalue weighted by Gasteiger charge is 2.36. The summed E-state index contributed by atoms with van der Waals surface area (Å²) < 4.78 is 0. The number of anilines is 1. The number of nitrogens with zero attached hydrogens (tertiary/aromatic N) is 3. The van der Waals surface area contributed by atoms with Crippen molar-refractivity contribution in [3.8, 4) is 12.3 Å². The Balaban J connectivity index is 1.93. The highest BCUT2D eigenvalue weighted by Crippen LogP contribution is 2.24. The number of terminal acetylenes is 1. The predicted octanol–water partition coefficient (Wildman–Crippen LogP) is 1.66. The van der Waals surface area contributed by atoms with Crippen LogP contribution in [0.3, 0.4) is 0 Å². The van der Waals surface area contributed by atoms with E-state index >= 15 is 0 Å². The maximum absolute atomic E-state index is 13.5. The summed E-state index contributed by atoms with van der Waals surface area (Å²) in [6.45, 7) is 4.01. The number of nitrogens with one attached hydrogen (secondary N) is 1. The Hall–Kier alpha value is -5.55. The Labute approximate surface area is 257 Å². The topological polar surface area (TPSA) is 224 Å². The van der Waals surface area contributed by atoms with Gasteiger partial charge in [-0.2, -0.15) is 0 Å². The van der Waals surface area contributed by atoms with Crippen LogP contribution in [-0.4, -0.2) is 78.5 Å². The maximum Gasteiger partial charge on any atom is 0.326 e. The number of imide groups is 1. The smallest absolute Gasteiger partial charge is 0.326 e. The lowest BCUT2D eigenvalue weighted by atomic mass is 10.0. The number of H-pyrrole nitrogens is 1. The van der Waals surface area contributed by atoms with Crippen LogP contribution >= 0.6 is 0 Å². The van der Waals surface area contributed by atoms with Crippen molar-refractivity contribution in [1.82, 2.24) is 14.9 Å². The third-order valence-electron chi connectivity index (χ3n) is 7.11. The van der Waals surface area contributed by atoms with E-state index in [4.69, 9.17) is 22.4 Å². The number of carbonyl (C=O) groups excluding carboxylic acids is 2. The molecule has 0 aliphatic rings. The van der Waals surface area contributed by atoms with Crippen molar-refractivity contribution in [2.24, 2.45) is 5.73 Å². The molecule has 0 fully saturated rings. The van der Waals surface area contributed by atoms with Gasteiger partial charge in [0.05, 0.1) is 17.4 Å². The Morgan fingerprint density at radius 2 is 1.67 bits per heavy atom. The molecule has 3 aromatic rings. The summed E-state index contributed by atoms with van der Waals surface area (Å²) in [5, 5.41) is 28.3. The monoisotopic (exact) mass is 619 g/mol. The molecule has 3 rings (SSSR count). The second-order valence-electron chi connectivity index (χ2n) is 10.4. The number of aromatic amines is 1. The lowest BCUT2D eigenvalue weighted by molar-refractivity contribution is -0.149. The molecule has 0 unspecified atom stereocenters. The third-order valence-corrected chi connectivity index (χ3v) is 7.11. The number of fused-ring (bicyclic) bond motifs is 1. The van der Waals surface area contributed by atoms with E-state index in [2.05, 4.69) is 15.9 Å². The van der Waals surface area contributed by atoms with Crippen LogP contribution in [0.15, 0.2) is 41.2 Å². The van der Waals surface area contributed by atoms with Crippen LogP contribution in [-0.2, 0) is 25.7 Å². The van der Waals surface area contributed by atoms with Gasteiger partial charge in [0, 0.05) is 30.6 Å².